The summed E-state index contributed by atoms with van der Waals surface area (Å²) in [4.78, 5) is 36.2. The van der Waals surface area contributed by atoms with Gasteiger partial charge >= 0.3 is 0 Å². The zero-order chi connectivity index (χ0) is 18.7. The smallest absolute Gasteiger partial charge is 0.232 e. The Bertz CT molecular complexity index is 844. The van der Waals surface area contributed by atoms with Gasteiger partial charge in [0.05, 0.1) is 5.92 Å². The van der Waals surface area contributed by atoms with Gasteiger partial charge in [-0.05, 0) is 35.9 Å². The number of para-hydroxylation sites is 1. The minimum Gasteiger partial charge on any atom is -0.326 e. The van der Waals surface area contributed by atoms with Gasteiger partial charge in [-0.2, -0.15) is 0 Å². The van der Waals surface area contributed by atoms with Gasteiger partial charge in [0.1, 0.15) is 0 Å². The van der Waals surface area contributed by atoms with Gasteiger partial charge in [-0.3, -0.25) is 14.4 Å². The SMILES string of the molecule is CC(C)C(=O)Nc1ccc(NC(=O)C2CC(=O)Nc3ccccc32)cc1. The van der Waals surface area contributed by atoms with Crippen molar-refractivity contribution in [3.05, 3.63) is 54.1 Å². The quantitative estimate of drug-likeness (QED) is 0.789. The van der Waals surface area contributed by atoms with Crippen LogP contribution >= 0.6 is 0 Å². The molecule has 0 fully saturated rings. The second kappa shape index (κ2) is 7.39. The molecule has 0 spiro atoms. The van der Waals surface area contributed by atoms with E-state index in [1.54, 1.807) is 30.3 Å². The largest absolute Gasteiger partial charge is 0.326 e. The monoisotopic (exact) mass is 351 g/mol. The maximum Gasteiger partial charge on any atom is 0.232 e. The molecule has 0 saturated heterocycles. The number of carbonyl (C=O) groups excluding carboxylic acids is 3. The fraction of sp³-hybridized carbons (Fsp3) is 0.250. The van der Waals surface area contributed by atoms with E-state index in [9.17, 15) is 14.4 Å². The predicted octanol–water partition coefficient (Wildman–Crippen LogP) is 3.35. The Kier molecular flexibility index (Phi) is 5.02. The molecule has 1 aliphatic heterocycles. The van der Waals surface area contributed by atoms with Gasteiger partial charge < -0.3 is 16.0 Å². The summed E-state index contributed by atoms with van der Waals surface area (Å²) >= 11 is 0. The van der Waals surface area contributed by atoms with Crippen LogP contribution in [0.5, 0.6) is 0 Å². The molecule has 0 aliphatic carbocycles. The molecular weight excluding hydrogens is 330 g/mol. The number of rotatable bonds is 4. The van der Waals surface area contributed by atoms with Crippen molar-refractivity contribution < 1.29 is 14.4 Å². The molecule has 1 atom stereocenters. The molecule has 26 heavy (non-hydrogen) atoms. The maximum atomic E-state index is 12.7. The van der Waals surface area contributed by atoms with E-state index in [4.69, 9.17) is 0 Å². The summed E-state index contributed by atoms with van der Waals surface area (Å²) in [6, 6.07) is 14.2. The summed E-state index contributed by atoms with van der Waals surface area (Å²) in [5, 5.41) is 8.43. The number of anilines is 3. The highest BCUT2D eigenvalue weighted by molar-refractivity contribution is 6.05. The van der Waals surface area contributed by atoms with Gasteiger partial charge in [0, 0.05) is 29.4 Å². The third-order valence-electron chi connectivity index (χ3n) is 4.26. The van der Waals surface area contributed by atoms with Crippen LogP contribution in [0, 0.1) is 5.92 Å². The number of fused-ring (bicyclic) bond motifs is 1. The summed E-state index contributed by atoms with van der Waals surface area (Å²) in [6.45, 7) is 3.64. The molecule has 1 unspecified atom stereocenters. The number of nitrogens with one attached hydrogen (secondary N) is 3. The number of benzene rings is 2. The number of carbonyl (C=O) groups is 3. The second-order valence-electron chi connectivity index (χ2n) is 6.60. The molecule has 3 rings (SSSR count). The minimum absolute atomic E-state index is 0.0633. The molecule has 0 radical (unpaired) electrons. The second-order valence-corrected chi connectivity index (χ2v) is 6.60. The number of hydrogen-bond acceptors (Lipinski definition) is 3. The lowest BCUT2D eigenvalue weighted by Crippen LogP contribution is -2.30. The molecule has 6 heteroatoms. The van der Waals surface area contributed by atoms with E-state index in [0.29, 0.717) is 17.1 Å². The fourth-order valence-electron chi connectivity index (χ4n) is 2.80. The Balaban J connectivity index is 1.70. The molecule has 134 valence electrons. The van der Waals surface area contributed by atoms with Gasteiger partial charge in [-0.25, -0.2) is 0 Å². The van der Waals surface area contributed by atoms with E-state index < -0.39 is 5.92 Å². The van der Waals surface area contributed by atoms with E-state index >= 15 is 0 Å². The number of amides is 3. The molecule has 3 amide bonds. The number of hydrogen-bond donors (Lipinski definition) is 3. The van der Waals surface area contributed by atoms with E-state index in [1.165, 1.54) is 0 Å². The van der Waals surface area contributed by atoms with E-state index in [-0.39, 0.29) is 30.1 Å². The van der Waals surface area contributed by atoms with Crippen LogP contribution in [0.25, 0.3) is 0 Å². The van der Waals surface area contributed by atoms with E-state index in [1.807, 2.05) is 32.0 Å². The molecule has 2 aromatic carbocycles. The van der Waals surface area contributed by atoms with Gasteiger partial charge in [0.2, 0.25) is 17.7 Å². The molecule has 3 N–H and O–H groups in total. The van der Waals surface area contributed by atoms with Crippen molar-refractivity contribution in [3.63, 3.8) is 0 Å². The fourth-order valence-corrected chi connectivity index (χ4v) is 2.80. The van der Waals surface area contributed by atoms with Crippen molar-refractivity contribution in [2.45, 2.75) is 26.2 Å². The molecule has 0 aromatic heterocycles. The summed E-state index contributed by atoms with van der Waals surface area (Å²) in [5.41, 5.74) is 2.77. The first-order chi connectivity index (χ1) is 12.4. The van der Waals surface area contributed by atoms with E-state index in [2.05, 4.69) is 16.0 Å². The minimum atomic E-state index is -0.528. The van der Waals surface area contributed by atoms with Crippen LogP contribution in [0.1, 0.15) is 31.7 Å². The van der Waals surface area contributed by atoms with Crippen LogP contribution in [-0.2, 0) is 14.4 Å². The highest BCUT2D eigenvalue weighted by Gasteiger charge is 2.30. The third kappa shape index (κ3) is 3.91. The zero-order valence-electron chi connectivity index (χ0n) is 14.7. The Labute approximate surface area is 152 Å². The Hall–Kier alpha value is -3.15. The highest BCUT2D eigenvalue weighted by Crippen LogP contribution is 2.32. The van der Waals surface area contributed by atoms with Gasteiger partial charge in [-0.1, -0.05) is 32.0 Å². The predicted molar refractivity (Wildman–Crippen MR) is 101 cm³/mol. The standard InChI is InChI=1S/C20H21N3O3/c1-12(2)19(25)21-13-7-9-14(10-8-13)22-20(26)16-11-18(24)23-17-6-4-3-5-15(16)17/h3-10,12,16H,11H2,1-2H3,(H,21,25)(H,22,26)(H,23,24). The van der Waals surface area contributed by atoms with Crippen molar-refractivity contribution in [3.8, 4) is 0 Å². The average molecular weight is 351 g/mol. The van der Waals surface area contributed by atoms with Crippen molar-refractivity contribution in [1.82, 2.24) is 0 Å². The average Bonchev–Trinajstić information content (AvgIpc) is 2.62. The van der Waals surface area contributed by atoms with E-state index in [0.717, 1.165) is 5.56 Å². The summed E-state index contributed by atoms with van der Waals surface area (Å²) in [7, 11) is 0. The lowest BCUT2D eigenvalue weighted by Gasteiger charge is -2.24. The third-order valence-corrected chi connectivity index (χ3v) is 4.26. The summed E-state index contributed by atoms with van der Waals surface area (Å²) in [6.07, 6.45) is 0.116. The van der Waals surface area contributed by atoms with Crippen molar-refractivity contribution in [2.75, 3.05) is 16.0 Å². The normalized spacial score (nSPS) is 15.8. The van der Waals surface area contributed by atoms with Crippen molar-refractivity contribution in [2.24, 2.45) is 5.92 Å². The first-order valence-corrected chi connectivity index (χ1v) is 8.54. The zero-order valence-corrected chi connectivity index (χ0v) is 14.7. The van der Waals surface area contributed by atoms with Crippen molar-refractivity contribution in [1.29, 1.82) is 0 Å². The van der Waals surface area contributed by atoms with Crippen LogP contribution in [-0.4, -0.2) is 17.7 Å². The van der Waals surface area contributed by atoms with Crippen molar-refractivity contribution >= 4 is 34.8 Å². The molecule has 0 bridgehead atoms. The topological polar surface area (TPSA) is 87.3 Å². The van der Waals surface area contributed by atoms with Gasteiger partial charge in [0.25, 0.3) is 0 Å². The van der Waals surface area contributed by atoms with Gasteiger partial charge in [-0.15, -0.1) is 0 Å². The molecule has 6 nitrogen and oxygen atoms in total. The maximum absolute atomic E-state index is 12.7. The first kappa shape index (κ1) is 17.7. The van der Waals surface area contributed by atoms with Crippen LogP contribution in [0.2, 0.25) is 0 Å². The molecule has 1 aliphatic rings. The molecule has 2 aromatic rings. The van der Waals surface area contributed by atoms with Crippen LogP contribution in [0.3, 0.4) is 0 Å². The first-order valence-electron chi connectivity index (χ1n) is 8.54. The molecular formula is C20H21N3O3. The lowest BCUT2D eigenvalue weighted by atomic mass is 9.90. The highest BCUT2D eigenvalue weighted by atomic mass is 16.2. The summed E-state index contributed by atoms with van der Waals surface area (Å²) < 4.78 is 0. The van der Waals surface area contributed by atoms with Gasteiger partial charge in [0.15, 0.2) is 0 Å². The van der Waals surface area contributed by atoms with Crippen LogP contribution in [0.4, 0.5) is 17.1 Å². The summed E-state index contributed by atoms with van der Waals surface area (Å²) in [5.74, 6) is -1.10. The Morgan fingerprint density at radius 1 is 1.00 bits per heavy atom. The lowest BCUT2D eigenvalue weighted by molar-refractivity contribution is -0.123. The Morgan fingerprint density at radius 3 is 2.27 bits per heavy atom. The molecule has 0 saturated carbocycles. The molecule has 1 heterocycles. The van der Waals surface area contributed by atoms with Crippen LogP contribution in [0.15, 0.2) is 48.5 Å². The van der Waals surface area contributed by atoms with Crippen LogP contribution < -0.4 is 16.0 Å². The Morgan fingerprint density at radius 2 is 1.62 bits per heavy atom.